The highest BCUT2D eigenvalue weighted by molar-refractivity contribution is 8.00. The topological polar surface area (TPSA) is 90.1 Å². The van der Waals surface area contributed by atoms with E-state index in [1.165, 1.54) is 23.9 Å². The van der Waals surface area contributed by atoms with E-state index in [1.54, 1.807) is 29.9 Å². The van der Waals surface area contributed by atoms with Gasteiger partial charge in [-0.2, -0.15) is 5.10 Å². The number of thioether (sulfide) groups is 1. The first-order valence-corrected chi connectivity index (χ1v) is 9.18. The summed E-state index contributed by atoms with van der Waals surface area (Å²) in [4.78, 5) is 23.3. The summed E-state index contributed by atoms with van der Waals surface area (Å²) >= 11 is 1.35. The van der Waals surface area contributed by atoms with Crippen molar-refractivity contribution in [3.63, 3.8) is 0 Å². The fraction of sp³-hybridized carbons (Fsp3) is 0.158. The molecule has 0 aliphatic rings. The molecule has 0 aliphatic heterocycles. The van der Waals surface area contributed by atoms with E-state index in [0.717, 1.165) is 16.1 Å². The van der Waals surface area contributed by atoms with Crippen molar-refractivity contribution in [3.8, 4) is 5.69 Å². The van der Waals surface area contributed by atoms with E-state index in [1.807, 2.05) is 36.5 Å². The van der Waals surface area contributed by atoms with Crippen molar-refractivity contribution in [2.24, 2.45) is 0 Å². The molecule has 1 heterocycles. The number of nitrogens with one attached hydrogen (secondary N) is 1. The van der Waals surface area contributed by atoms with Gasteiger partial charge < -0.3 is 5.32 Å². The van der Waals surface area contributed by atoms with E-state index in [2.05, 4.69) is 10.4 Å². The fourth-order valence-corrected chi connectivity index (χ4v) is 3.30. The maximum atomic E-state index is 12.3. The highest BCUT2D eigenvalue weighted by atomic mass is 32.2. The number of nitrogens with zero attached hydrogens (tertiary/aromatic N) is 3. The zero-order chi connectivity index (χ0) is 19.2. The second kappa shape index (κ2) is 8.50. The Morgan fingerprint density at radius 3 is 2.59 bits per heavy atom. The number of nitro groups is 1. The van der Waals surface area contributed by atoms with Gasteiger partial charge in [0.05, 0.1) is 22.1 Å². The number of hydrogen-bond acceptors (Lipinski definition) is 5. The van der Waals surface area contributed by atoms with Crippen LogP contribution in [0.15, 0.2) is 71.9 Å². The Kier molecular flexibility index (Phi) is 5.87. The van der Waals surface area contributed by atoms with E-state index in [9.17, 15) is 14.9 Å². The summed E-state index contributed by atoms with van der Waals surface area (Å²) in [6.07, 6.45) is 3.60. The van der Waals surface area contributed by atoms with Crippen LogP contribution >= 0.6 is 11.8 Å². The van der Waals surface area contributed by atoms with Crippen LogP contribution in [-0.2, 0) is 11.3 Å². The van der Waals surface area contributed by atoms with Gasteiger partial charge in [-0.15, -0.1) is 11.8 Å². The Hall–Kier alpha value is -3.13. The summed E-state index contributed by atoms with van der Waals surface area (Å²) in [5.41, 5.74) is 1.89. The molecule has 1 N–H and O–H groups in total. The van der Waals surface area contributed by atoms with Crippen LogP contribution in [0.1, 0.15) is 12.5 Å². The monoisotopic (exact) mass is 382 g/mol. The molecule has 27 heavy (non-hydrogen) atoms. The third-order valence-corrected chi connectivity index (χ3v) is 4.97. The van der Waals surface area contributed by atoms with Gasteiger partial charge >= 0.3 is 0 Å². The minimum absolute atomic E-state index is 0.0342. The SMILES string of the molecule is CC(Sc1ccc([N+](=O)[O-])cc1)C(=O)NCc1cnn(-c2ccccc2)c1. The van der Waals surface area contributed by atoms with Crippen molar-refractivity contribution < 1.29 is 9.72 Å². The average molecular weight is 382 g/mol. The number of carbonyl (C=O) groups is 1. The molecule has 0 aliphatic carbocycles. The van der Waals surface area contributed by atoms with Gasteiger partial charge in [0.2, 0.25) is 5.91 Å². The normalized spacial score (nSPS) is 11.7. The lowest BCUT2D eigenvalue weighted by Crippen LogP contribution is -2.30. The van der Waals surface area contributed by atoms with E-state index < -0.39 is 4.92 Å². The zero-order valence-electron chi connectivity index (χ0n) is 14.6. The van der Waals surface area contributed by atoms with Crippen LogP contribution < -0.4 is 5.32 Å². The van der Waals surface area contributed by atoms with Crippen LogP contribution in [0.3, 0.4) is 0 Å². The zero-order valence-corrected chi connectivity index (χ0v) is 15.4. The van der Waals surface area contributed by atoms with Crippen LogP contribution in [0.5, 0.6) is 0 Å². The number of nitro benzene ring substituents is 1. The van der Waals surface area contributed by atoms with Crippen LogP contribution in [0.25, 0.3) is 5.69 Å². The number of hydrogen-bond donors (Lipinski definition) is 1. The van der Waals surface area contributed by atoms with Crippen molar-refractivity contribution in [1.82, 2.24) is 15.1 Å². The van der Waals surface area contributed by atoms with E-state index in [0.29, 0.717) is 6.54 Å². The van der Waals surface area contributed by atoms with Crippen LogP contribution in [0.2, 0.25) is 0 Å². The standard InChI is InChI=1S/C19H18N4O3S/c1-14(27-18-9-7-17(8-10-18)23(25)26)19(24)20-11-15-12-21-22(13-15)16-5-3-2-4-6-16/h2-10,12-14H,11H2,1H3,(H,20,24). The minimum Gasteiger partial charge on any atom is -0.351 e. The molecule has 1 amide bonds. The van der Waals surface area contributed by atoms with Gasteiger partial charge in [0.15, 0.2) is 0 Å². The van der Waals surface area contributed by atoms with Gasteiger partial charge in [0, 0.05) is 35.3 Å². The van der Waals surface area contributed by atoms with Crippen LogP contribution in [-0.4, -0.2) is 25.9 Å². The van der Waals surface area contributed by atoms with Crippen molar-refractivity contribution in [2.75, 3.05) is 0 Å². The summed E-state index contributed by atoms with van der Waals surface area (Å²) in [5, 5.41) is 17.6. The van der Waals surface area contributed by atoms with Gasteiger partial charge in [-0.1, -0.05) is 18.2 Å². The molecule has 0 fully saturated rings. The Morgan fingerprint density at radius 1 is 1.22 bits per heavy atom. The summed E-state index contributed by atoms with van der Waals surface area (Å²) in [5.74, 6) is -0.106. The van der Waals surface area contributed by atoms with E-state index in [-0.39, 0.29) is 16.8 Å². The maximum Gasteiger partial charge on any atom is 0.269 e. The van der Waals surface area contributed by atoms with Crippen LogP contribution in [0, 0.1) is 10.1 Å². The molecule has 1 atom stereocenters. The number of non-ortho nitro benzene ring substituents is 1. The van der Waals surface area contributed by atoms with Crippen molar-refractivity contribution in [2.45, 2.75) is 23.6 Å². The Balaban J connectivity index is 1.53. The molecule has 8 heteroatoms. The van der Waals surface area contributed by atoms with Crippen molar-refractivity contribution in [1.29, 1.82) is 0 Å². The molecule has 7 nitrogen and oxygen atoms in total. The number of benzene rings is 2. The van der Waals surface area contributed by atoms with E-state index >= 15 is 0 Å². The lowest BCUT2D eigenvalue weighted by Gasteiger charge is -2.11. The van der Waals surface area contributed by atoms with Crippen molar-refractivity contribution in [3.05, 3.63) is 82.7 Å². The maximum absolute atomic E-state index is 12.3. The summed E-state index contributed by atoms with van der Waals surface area (Å²) in [7, 11) is 0. The van der Waals surface area contributed by atoms with Gasteiger partial charge in [0.25, 0.3) is 5.69 Å². The number of rotatable bonds is 7. The Bertz CT molecular complexity index is 926. The highest BCUT2D eigenvalue weighted by Crippen LogP contribution is 2.25. The Labute approximate surface area is 160 Å². The third-order valence-electron chi connectivity index (χ3n) is 3.85. The summed E-state index contributed by atoms with van der Waals surface area (Å²) < 4.78 is 1.76. The second-order valence-corrected chi connectivity index (χ2v) is 7.27. The molecule has 1 aromatic heterocycles. The molecule has 3 rings (SSSR count). The van der Waals surface area contributed by atoms with Crippen molar-refractivity contribution >= 4 is 23.4 Å². The molecular weight excluding hydrogens is 364 g/mol. The first kappa shape index (κ1) is 18.7. The quantitative estimate of drug-likeness (QED) is 0.383. The molecule has 138 valence electrons. The molecule has 0 saturated heterocycles. The summed E-state index contributed by atoms with van der Waals surface area (Å²) in [6, 6.07) is 15.9. The number of amides is 1. The lowest BCUT2D eigenvalue weighted by atomic mass is 10.3. The average Bonchev–Trinajstić information content (AvgIpc) is 3.16. The number of para-hydroxylation sites is 1. The molecule has 0 saturated carbocycles. The van der Waals surface area contributed by atoms with Gasteiger partial charge in [-0.3, -0.25) is 14.9 Å². The predicted molar refractivity (Wildman–Crippen MR) is 104 cm³/mol. The molecule has 0 spiro atoms. The number of carbonyl (C=O) groups excluding carboxylic acids is 1. The first-order valence-electron chi connectivity index (χ1n) is 8.31. The van der Waals surface area contributed by atoms with Crippen LogP contribution in [0.4, 0.5) is 5.69 Å². The largest absolute Gasteiger partial charge is 0.351 e. The number of aromatic nitrogens is 2. The molecule has 1 unspecified atom stereocenters. The smallest absolute Gasteiger partial charge is 0.269 e. The third kappa shape index (κ3) is 4.95. The van der Waals surface area contributed by atoms with Gasteiger partial charge in [-0.05, 0) is 31.2 Å². The molecule has 0 radical (unpaired) electrons. The molecular formula is C19H18N4O3S. The van der Waals surface area contributed by atoms with Gasteiger partial charge in [0.1, 0.15) is 0 Å². The second-order valence-electron chi connectivity index (χ2n) is 5.86. The summed E-state index contributed by atoms with van der Waals surface area (Å²) in [6.45, 7) is 2.19. The molecule has 0 bridgehead atoms. The molecule has 3 aromatic rings. The highest BCUT2D eigenvalue weighted by Gasteiger charge is 2.15. The fourth-order valence-electron chi connectivity index (χ4n) is 2.41. The lowest BCUT2D eigenvalue weighted by molar-refractivity contribution is -0.384. The Morgan fingerprint density at radius 2 is 1.93 bits per heavy atom. The molecule has 2 aromatic carbocycles. The first-order chi connectivity index (χ1) is 13.0. The van der Waals surface area contributed by atoms with Gasteiger partial charge in [-0.25, -0.2) is 4.68 Å². The minimum atomic E-state index is -0.444. The van der Waals surface area contributed by atoms with E-state index in [4.69, 9.17) is 0 Å². The predicted octanol–water partition coefficient (Wildman–Crippen LogP) is 3.58.